The van der Waals surface area contributed by atoms with E-state index in [-0.39, 0.29) is 12.6 Å². The van der Waals surface area contributed by atoms with Crippen LogP contribution < -0.4 is 5.32 Å². The number of hydrogen-bond acceptors (Lipinski definition) is 3. The molecule has 0 bridgehead atoms. The van der Waals surface area contributed by atoms with Crippen molar-refractivity contribution >= 4 is 0 Å². The third kappa shape index (κ3) is 3.23. The van der Waals surface area contributed by atoms with Gasteiger partial charge >= 0.3 is 0 Å². The Morgan fingerprint density at radius 1 is 1.57 bits per heavy atom. The Morgan fingerprint density at radius 2 is 2.29 bits per heavy atom. The monoisotopic (exact) mass is 200 g/mol. The SMILES string of the molecule is CC[C@H](CO)NC1CCN(C)CC1C. The number of piperidine rings is 1. The smallest absolute Gasteiger partial charge is 0.0584 e. The molecule has 0 spiro atoms. The first-order valence-electron chi connectivity index (χ1n) is 5.72. The van der Waals surface area contributed by atoms with Gasteiger partial charge < -0.3 is 15.3 Å². The third-order valence-electron chi connectivity index (χ3n) is 3.27. The summed E-state index contributed by atoms with van der Waals surface area (Å²) in [6.45, 7) is 7.00. The summed E-state index contributed by atoms with van der Waals surface area (Å²) >= 11 is 0. The average molecular weight is 200 g/mol. The van der Waals surface area contributed by atoms with Gasteiger partial charge in [0.05, 0.1) is 6.61 Å². The lowest BCUT2D eigenvalue weighted by Crippen LogP contribution is -2.50. The number of aliphatic hydroxyl groups is 1. The fourth-order valence-corrected chi connectivity index (χ4v) is 2.20. The van der Waals surface area contributed by atoms with E-state index in [1.807, 2.05) is 0 Å². The fraction of sp³-hybridized carbons (Fsp3) is 1.00. The van der Waals surface area contributed by atoms with Crippen LogP contribution in [0.2, 0.25) is 0 Å². The molecule has 0 aromatic heterocycles. The van der Waals surface area contributed by atoms with E-state index in [1.165, 1.54) is 19.5 Å². The van der Waals surface area contributed by atoms with E-state index in [2.05, 4.69) is 31.1 Å². The summed E-state index contributed by atoms with van der Waals surface area (Å²) in [4.78, 5) is 2.38. The number of nitrogens with zero attached hydrogens (tertiary/aromatic N) is 1. The van der Waals surface area contributed by atoms with Gasteiger partial charge in [-0.05, 0) is 32.4 Å². The van der Waals surface area contributed by atoms with Crippen LogP contribution >= 0.6 is 0 Å². The maximum absolute atomic E-state index is 9.12. The van der Waals surface area contributed by atoms with Crippen LogP contribution in [0.25, 0.3) is 0 Å². The summed E-state index contributed by atoms with van der Waals surface area (Å²) in [6.07, 6.45) is 2.21. The predicted molar refractivity (Wildman–Crippen MR) is 59.4 cm³/mol. The quantitative estimate of drug-likeness (QED) is 0.701. The van der Waals surface area contributed by atoms with Crippen LogP contribution in [-0.2, 0) is 0 Å². The van der Waals surface area contributed by atoms with Crippen molar-refractivity contribution in [1.82, 2.24) is 10.2 Å². The molecule has 3 atom stereocenters. The van der Waals surface area contributed by atoms with E-state index in [0.29, 0.717) is 12.0 Å². The minimum atomic E-state index is 0.259. The molecule has 1 heterocycles. The molecule has 14 heavy (non-hydrogen) atoms. The topological polar surface area (TPSA) is 35.5 Å². The van der Waals surface area contributed by atoms with Gasteiger partial charge in [0.25, 0.3) is 0 Å². The van der Waals surface area contributed by atoms with E-state index in [0.717, 1.165) is 6.42 Å². The molecule has 2 unspecified atom stereocenters. The Hall–Kier alpha value is -0.120. The zero-order valence-corrected chi connectivity index (χ0v) is 9.66. The van der Waals surface area contributed by atoms with Gasteiger partial charge in [0.2, 0.25) is 0 Å². The van der Waals surface area contributed by atoms with E-state index < -0.39 is 0 Å². The van der Waals surface area contributed by atoms with Crippen LogP contribution in [0.4, 0.5) is 0 Å². The number of hydrogen-bond donors (Lipinski definition) is 2. The lowest BCUT2D eigenvalue weighted by atomic mass is 9.93. The highest BCUT2D eigenvalue weighted by atomic mass is 16.3. The molecule has 0 amide bonds. The second kappa shape index (κ2) is 5.69. The number of rotatable bonds is 4. The van der Waals surface area contributed by atoms with Crippen molar-refractivity contribution in [2.75, 3.05) is 26.7 Å². The summed E-state index contributed by atoms with van der Waals surface area (Å²) in [6, 6.07) is 0.870. The van der Waals surface area contributed by atoms with Crippen molar-refractivity contribution in [3.05, 3.63) is 0 Å². The standard InChI is InChI=1S/C11H24N2O/c1-4-10(8-14)12-11-5-6-13(3)7-9(11)2/h9-12,14H,4-8H2,1-3H3/t9?,10-,11?/m1/s1. The van der Waals surface area contributed by atoms with Gasteiger partial charge in [0, 0.05) is 18.6 Å². The van der Waals surface area contributed by atoms with Crippen LogP contribution in [0.3, 0.4) is 0 Å². The second-order valence-electron chi connectivity index (χ2n) is 4.59. The molecule has 2 N–H and O–H groups in total. The van der Waals surface area contributed by atoms with Gasteiger partial charge in [0.15, 0.2) is 0 Å². The molecule has 1 saturated heterocycles. The van der Waals surface area contributed by atoms with Crippen molar-refractivity contribution in [3.63, 3.8) is 0 Å². The molecule has 1 fully saturated rings. The molecular weight excluding hydrogens is 176 g/mol. The molecule has 0 saturated carbocycles. The molecule has 0 aromatic rings. The molecule has 1 rings (SSSR count). The minimum Gasteiger partial charge on any atom is -0.395 e. The van der Waals surface area contributed by atoms with E-state index in [1.54, 1.807) is 0 Å². The molecule has 84 valence electrons. The molecule has 0 aliphatic carbocycles. The highest BCUT2D eigenvalue weighted by molar-refractivity contribution is 4.83. The lowest BCUT2D eigenvalue weighted by molar-refractivity contribution is 0.147. The largest absolute Gasteiger partial charge is 0.395 e. The average Bonchev–Trinajstić information content (AvgIpc) is 2.17. The van der Waals surface area contributed by atoms with Crippen LogP contribution in [0, 0.1) is 5.92 Å². The first-order valence-corrected chi connectivity index (χ1v) is 5.72. The molecule has 3 nitrogen and oxygen atoms in total. The minimum absolute atomic E-state index is 0.259. The predicted octanol–water partition coefficient (Wildman–Crippen LogP) is 0.687. The summed E-state index contributed by atoms with van der Waals surface area (Å²) in [5.74, 6) is 0.689. The number of aliphatic hydroxyl groups excluding tert-OH is 1. The maximum atomic E-state index is 9.12. The lowest BCUT2D eigenvalue weighted by Gasteiger charge is -2.37. The summed E-state index contributed by atoms with van der Waals surface area (Å²) in [7, 11) is 2.18. The first kappa shape index (κ1) is 12.0. The van der Waals surface area contributed by atoms with Gasteiger partial charge in [-0.15, -0.1) is 0 Å². The summed E-state index contributed by atoms with van der Waals surface area (Å²) in [5, 5.41) is 12.7. The molecule has 1 aliphatic heterocycles. The summed E-state index contributed by atoms with van der Waals surface area (Å²) in [5.41, 5.74) is 0. The Morgan fingerprint density at radius 3 is 2.79 bits per heavy atom. The second-order valence-corrected chi connectivity index (χ2v) is 4.59. The van der Waals surface area contributed by atoms with Crippen molar-refractivity contribution < 1.29 is 5.11 Å². The maximum Gasteiger partial charge on any atom is 0.0584 e. The third-order valence-corrected chi connectivity index (χ3v) is 3.27. The summed E-state index contributed by atoms with van der Waals surface area (Å²) < 4.78 is 0. The highest BCUT2D eigenvalue weighted by Crippen LogP contribution is 2.16. The molecular formula is C11H24N2O. The zero-order valence-electron chi connectivity index (χ0n) is 9.66. The Labute approximate surface area is 87.5 Å². The van der Waals surface area contributed by atoms with E-state index in [4.69, 9.17) is 5.11 Å². The molecule has 0 radical (unpaired) electrons. The van der Waals surface area contributed by atoms with E-state index >= 15 is 0 Å². The Balaban J connectivity index is 2.36. The fourth-order valence-electron chi connectivity index (χ4n) is 2.20. The van der Waals surface area contributed by atoms with Gasteiger partial charge in [-0.2, -0.15) is 0 Å². The van der Waals surface area contributed by atoms with Gasteiger partial charge in [-0.3, -0.25) is 0 Å². The van der Waals surface area contributed by atoms with Crippen LogP contribution in [-0.4, -0.2) is 48.8 Å². The van der Waals surface area contributed by atoms with Gasteiger partial charge in [-0.25, -0.2) is 0 Å². The zero-order chi connectivity index (χ0) is 10.6. The van der Waals surface area contributed by atoms with Crippen molar-refractivity contribution in [3.8, 4) is 0 Å². The molecule has 1 aliphatic rings. The van der Waals surface area contributed by atoms with Gasteiger partial charge in [-0.1, -0.05) is 13.8 Å². The molecule has 0 aromatic carbocycles. The van der Waals surface area contributed by atoms with Crippen molar-refractivity contribution in [1.29, 1.82) is 0 Å². The first-order chi connectivity index (χ1) is 6.67. The Bertz CT molecular complexity index is 159. The van der Waals surface area contributed by atoms with Gasteiger partial charge in [0.1, 0.15) is 0 Å². The highest BCUT2D eigenvalue weighted by Gasteiger charge is 2.25. The van der Waals surface area contributed by atoms with Crippen molar-refractivity contribution in [2.24, 2.45) is 5.92 Å². The Kier molecular flexibility index (Phi) is 4.85. The number of nitrogens with one attached hydrogen (secondary N) is 1. The van der Waals surface area contributed by atoms with Crippen molar-refractivity contribution in [2.45, 2.75) is 38.8 Å². The number of likely N-dealkylation sites (tertiary alicyclic amines) is 1. The van der Waals surface area contributed by atoms with Crippen LogP contribution in [0.15, 0.2) is 0 Å². The van der Waals surface area contributed by atoms with E-state index in [9.17, 15) is 0 Å². The van der Waals surface area contributed by atoms with Crippen LogP contribution in [0.1, 0.15) is 26.7 Å². The molecule has 3 heteroatoms. The normalized spacial score (nSPS) is 31.7. The van der Waals surface area contributed by atoms with Crippen LogP contribution in [0.5, 0.6) is 0 Å².